The zero-order valence-electron chi connectivity index (χ0n) is 16.0. The van der Waals surface area contributed by atoms with Gasteiger partial charge in [0.15, 0.2) is 0 Å². The Kier molecular flexibility index (Phi) is 4.85. The van der Waals surface area contributed by atoms with Crippen LogP contribution in [0.25, 0.3) is 0 Å². The lowest BCUT2D eigenvalue weighted by atomic mass is 9.55. The van der Waals surface area contributed by atoms with E-state index in [9.17, 15) is 14.3 Å². The van der Waals surface area contributed by atoms with Gasteiger partial charge in [0.05, 0.1) is 12.6 Å². The summed E-state index contributed by atoms with van der Waals surface area (Å²) in [6, 6.07) is 6.43. The second-order valence-corrected chi connectivity index (χ2v) is 8.65. The summed E-state index contributed by atoms with van der Waals surface area (Å²) in [6.07, 6.45) is 4.35. The summed E-state index contributed by atoms with van der Waals surface area (Å²) in [5, 5.41) is 13.4. The molecule has 2 fully saturated rings. The highest BCUT2D eigenvalue weighted by Crippen LogP contribution is 2.55. The van der Waals surface area contributed by atoms with Crippen LogP contribution in [0, 0.1) is 29.0 Å². The lowest BCUT2D eigenvalue weighted by Crippen LogP contribution is -2.84. The third-order valence-corrected chi connectivity index (χ3v) is 7.28. The Labute approximate surface area is 159 Å². The number of rotatable bonds is 4. The van der Waals surface area contributed by atoms with Gasteiger partial charge in [-0.05, 0) is 30.9 Å². The van der Waals surface area contributed by atoms with Crippen molar-refractivity contribution in [1.29, 1.82) is 0 Å². The molecule has 4 nitrogen and oxygen atoms in total. The molecular weight excluding hydrogens is 345 g/mol. The fourth-order valence-corrected chi connectivity index (χ4v) is 5.38. The van der Waals surface area contributed by atoms with Gasteiger partial charge in [-0.1, -0.05) is 37.6 Å². The molecule has 3 N–H and O–H groups in total. The number of carbonyl (C=O) groups excluding carboxylic acids is 1. The molecule has 1 aromatic rings. The number of aliphatic hydroxyl groups is 1. The van der Waals surface area contributed by atoms with E-state index in [4.69, 9.17) is 4.74 Å². The van der Waals surface area contributed by atoms with Crippen LogP contribution in [0.1, 0.15) is 38.7 Å². The number of aliphatic hydroxyl groups excluding tert-OH is 1. The van der Waals surface area contributed by atoms with Gasteiger partial charge >= 0.3 is 5.97 Å². The minimum Gasteiger partial charge on any atom is -0.461 e. The van der Waals surface area contributed by atoms with Crippen LogP contribution >= 0.6 is 0 Å². The van der Waals surface area contributed by atoms with Gasteiger partial charge in [-0.3, -0.25) is 4.79 Å². The van der Waals surface area contributed by atoms with Gasteiger partial charge in [0.2, 0.25) is 0 Å². The van der Waals surface area contributed by atoms with Crippen molar-refractivity contribution in [2.75, 3.05) is 6.54 Å². The van der Waals surface area contributed by atoms with Gasteiger partial charge in [0, 0.05) is 23.3 Å². The van der Waals surface area contributed by atoms with Gasteiger partial charge in [0.25, 0.3) is 0 Å². The predicted octanol–water partition coefficient (Wildman–Crippen LogP) is 2.17. The van der Waals surface area contributed by atoms with Crippen molar-refractivity contribution in [3.8, 4) is 0 Å². The number of carbonyl (C=O) groups is 1. The molecule has 6 atom stereocenters. The van der Waals surface area contributed by atoms with Crippen LogP contribution in [0.15, 0.2) is 35.9 Å². The number of fused-ring (bicyclic) bond motifs is 2. The molecule has 4 rings (SSSR count). The second-order valence-electron chi connectivity index (χ2n) is 8.65. The average molecular weight is 374 g/mol. The lowest BCUT2D eigenvalue weighted by Gasteiger charge is -2.51. The Morgan fingerprint density at radius 2 is 2.07 bits per heavy atom. The second kappa shape index (κ2) is 7.02. The molecule has 0 bridgehead atoms. The maximum absolute atomic E-state index is 13.0. The van der Waals surface area contributed by atoms with Crippen molar-refractivity contribution in [2.24, 2.45) is 23.2 Å². The fraction of sp³-hybridized carbons (Fsp3) is 0.591. The van der Waals surface area contributed by atoms with E-state index in [1.54, 1.807) is 12.1 Å². The topological polar surface area (TPSA) is 63.1 Å². The summed E-state index contributed by atoms with van der Waals surface area (Å²) >= 11 is 0. The molecule has 2 aliphatic carbocycles. The molecule has 0 aromatic heterocycles. The maximum Gasteiger partial charge on any atom is 0.315 e. The molecule has 0 radical (unpaired) electrons. The first-order chi connectivity index (χ1) is 12.9. The van der Waals surface area contributed by atoms with E-state index in [1.807, 2.05) is 0 Å². The summed E-state index contributed by atoms with van der Waals surface area (Å²) < 4.78 is 18.7. The van der Waals surface area contributed by atoms with E-state index in [-0.39, 0.29) is 35.1 Å². The number of benzene rings is 1. The monoisotopic (exact) mass is 374 g/mol. The number of hydrogen-bond donors (Lipinski definition) is 2. The van der Waals surface area contributed by atoms with Gasteiger partial charge < -0.3 is 15.2 Å². The van der Waals surface area contributed by atoms with E-state index >= 15 is 0 Å². The number of halogens is 1. The third kappa shape index (κ3) is 3.11. The lowest BCUT2D eigenvalue weighted by molar-refractivity contribution is -0.675. The smallest absolute Gasteiger partial charge is 0.315 e. The van der Waals surface area contributed by atoms with Crippen LogP contribution in [0.2, 0.25) is 0 Å². The van der Waals surface area contributed by atoms with Gasteiger partial charge in [-0.25, -0.2) is 4.39 Å². The van der Waals surface area contributed by atoms with Gasteiger partial charge in [-0.2, -0.15) is 0 Å². The van der Waals surface area contributed by atoms with E-state index in [0.29, 0.717) is 19.0 Å². The summed E-state index contributed by atoms with van der Waals surface area (Å²) in [4.78, 5) is 12.5. The standard InChI is InChI=1S/C22H28FNO3/c1-13-4-3-5-15-10-18-19(20(25)22(13,15)2)17(21(26)27-18)12-24-11-14-6-8-16(23)9-7-14/h5-9,13,17-20,24-25H,3-4,10-12H2,1-2H3/p+1/t13-,17-,18+,19+,20+,22+/m0/s1. The molecular formula is C22H29FNO3+. The third-order valence-electron chi connectivity index (χ3n) is 7.28. The first-order valence-corrected chi connectivity index (χ1v) is 10.1. The number of allylic oxidation sites excluding steroid dienone is 1. The highest BCUT2D eigenvalue weighted by atomic mass is 19.1. The number of esters is 1. The summed E-state index contributed by atoms with van der Waals surface area (Å²) in [7, 11) is 0. The molecule has 0 amide bonds. The first kappa shape index (κ1) is 18.6. The van der Waals surface area contributed by atoms with Crippen LogP contribution in [0.3, 0.4) is 0 Å². The Bertz CT molecular complexity index is 746. The number of hydrogen-bond acceptors (Lipinski definition) is 3. The SMILES string of the molecule is C[C@H]1CCC=C2C[C@H]3OC(=O)[C@@H](C[NH2+]Cc4ccc(F)cc4)[C@H]3[C@@H](O)[C@@]21C. The maximum atomic E-state index is 13.0. The number of quaternary nitrogens is 1. The highest BCUT2D eigenvalue weighted by Gasteiger charge is 2.60. The number of nitrogens with two attached hydrogens (primary N) is 1. The molecule has 1 saturated carbocycles. The summed E-state index contributed by atoms with van der Waals surface area (Å²) in [5.74, 6) is -0.476. The minimum atomic E-state index is -0.562. The average Bonchev–Trinajstić information content (AvgIpc) is 2.95. The molecule has 1 heterocycles. The van der Waals surface area contributed by atoms with Crippen molar-refractivity contribution < 1.29 is 24.3 Å². The van der Waals surface area contributed by atoms with E-state index < -0.39 is 6.10 Å². The van der Waals surface area contributed by atoms with Crippen molar-refractivity contribution >= 4 is 5.97 Å². The quantitative estimate of drug-likeness (QED) is 0.627. The zero-order valence-corrected chi connectivity index (χ0v) is 16.0. The van der Waals surface area contributed by atoms with Crippen LogP contribution in [-0.2, 0) is 16.1 Å². The van der Waals surface area contributed by atoms with Crippen molar-refractivity contribution in [3.05, 3.63) is 47.3 Å². The molecule has 1 aliphatic heterocycles. The van der Waals surface area contributed by atoms with E-state index in [1.165, 1.54) is 17.7 Å². The van der Waals surface area contributed by atoms with Gasteiger partial charge in [-0.15, -0.1) is 0 Å². The van der Waals surface area contributed by atoms with Crippen molar-refractivity contribution in [1.82, 2.24) is 0 Å². The zero-order chi connectivity index (χ0) is 19.2. The molecule has 0 spiro atoms. The molecule has 3 aliphatic rings. The largest absolute Gasteiger partial charge is 0.461 e. The van der Waals surface area contributed by atoms with E-state index in [0.717, 1.165) is 24.8 Å². The Morgan fingerprint density at radius 3 is 2.81 bits per heavy atom. The molecule has 5 heteroatoms. The molecule has 27 heavy (non-hydrogen) atoms. The fourth-order valence-electron chi connectivity index (χ4n) is 5.38. The Hall–Kier alpha value is -1.72. The van der Waals surface area contributed by atoms with Crippen LogP contribution in [0.4, 0.5) is 4.39 Å². The molecule has 1 saturated heterocycles. The normalized spacial score (nSPS) is 38.0. The first-order valence-electron chi connectivity index (χ1n) is 10.1. The van der Waals surface area contributed by atoms with E-state index in [2.05, 4.69) is 25.2 Å². The van der Waals surface area contributed by atoms with Crippen molar-refractivity contribution in [2.45, 2.75) is 51.9 Å². The minimum absolute atomic E-state index is 0.148. The molecule has 146 valence electrons. The highest BCUT2D eigenvalue weighted by molar-refractivity contribution is 5.76. The van der Waals surface area contributed by atoms with Crippen LogP contribution in [-0.4, -0.2) is 29.8 Å². The Morgan fingerprint density at radius 1 is 1.33 bits per heavy atom. The van der Waals surface area contributed by atoms with Crippen molar-refractivity contribution in [3.63, 3.8) is 0 Å². The summed E-state index contributed by atoms with van der Waals surface area (Å²) in [5.41, 5.74) is 2.02. The number of ether oxygens (including phenoxy) is 1. The van der Waals surface area contributed by atoms with Gasteiger partial charge in [0.1, 0.15) is 24.4 Å². The Balaban J connectivity index is 1.48. The predicted molar refractivity (Wildman–Crippen MR) is 99.0 cm³/mol. The van der Waals surface area contributed by atoms with Crippen LogP contribution < -0.4 is 5.32 Å². The summed E-state index contributed by atoms with van der Waals surface area (Å²) in [6.45, 7) is 5.63. The molecule has 1 aromatic carbocycles. The van der Waals surface area contributed by atoms with Crippen LogP contribution in [0.5, 0.6) is 0 Å². The molecule has 0 unspecified atom stereocenters.